The van der Waals surface area contributed by atoms with Gasteiger partial charge in [-0.1, -0.05) is 18.2 Å². The Morgan fingerprint density at radius 1 is 1.19 bits per heavy atom. The summed E-state index contributed by atoms with van der Waals surface area (Å²) in [6.45, 7) is -0.524. The standard InChI is InChI=1S/C18H13N3O8S2/c19-16(22)10-20-17(23)15(30-18(20)24)8-11-4-6-13(7-5-11)29-31(27,28)14-3-1-2-12(9-14)21(25)26/h1-9H,10H2,(H2,19,22)/b15-8-. The minimum Gasteiger partial charge on any atom is -0.379 e. The molecule has 0 spiro atoms. The Morgan fingerprint density at radius 2 is 1.87 bits per heavy atom. The maximum atomic E-state index is 12.4. The van der Waals surface area contributed by atoms with Crippen LogP contribution in [0.2, 0.25) is 0 Å². The Bertz CT molecular complexity index is 1220. The second kappa shape index (κ2) is 8.57. The number of non-ortho nitro benzene ring substituents is 1. The quantitative estimate of drug-likeness (QED) is 0.279. The van der Waals surface area contributed by atoms with Gasteiger partial charge in [-0.25, -0.2) is 0 Å². The summed E-state index contributed by atoms with van der Waals surface area (Å²) in [6.07, 6.45) is 1.39. The van der Waals surface area contributed by atoms with E-state index in [2.05, 4.69) is 0 Å². The largest absolute Gasteiger partial charge is 0.379 e. The second-order valence-corrected chi connectivity index (χ2v) is 8.63. The number of benzene rings is 2. The first-order valence-corrected chi connectivity index (χ1v) is 10.6. The molecule has 13 heteroatoms. The number of nitro groups is 1. The van der Waals surface area contributed by atoms with Gasteiger partial charge in [0.1, 0.15) is 17.2 Å². The normalized spacial score (nSPS) is 15.4. The highest BCUT2D eigenvalue weighted by atomic mass is 32.2. The number of imide groups is 1. The molecule has 0 unspecified atom stereocenters. The van der Waals surface area contributed by atoms with Crippen LogP contribution in [0.1, 0.15) is 5.56 Å². The smallest absolute Gasteiger partial charge is 0.339 e. The third-order valence-corrected chi connectivity index (χ3v) is 6.04. The van der Waals surface area contributed by atoms with Crippen molar-refractivity contribution in [2.45, 2.75) is 4.90 Å². The van der Waals surface area contributed by atoms with Crippen LogP contribution >= 0.6 is 11.8 Å². The Kier molecular flexibility index (Phi) is 6.08. The fraction of sp³-hybridized carbons (Fsp3) is 0.0556. The van der Waals surface area contributed by atoms with Crippen molar-refractivity contribution in [3.05, 3.63) is 69.1 Å². The highest BCUT2D eigenvalue weighted by Crippen LogP contribution is 2.32. The first-order chi connectivity index (χ1) is 14.6. The maximum absolute atomic E-state index is 12.4. The van der Waals surface area contributed by atoms with Gasteiger partial charge in [0.05, 0.1) is 9.83 Å². The Balaban J connectivity index is 1.76. The van der Waals surface area contributed by atoms with Crippen LogP contribution < -0.4 is 9.92 Å². The van der Waals surface area contributed by atoms with Crippen LogP contribution in [0.5, 0.6) is 5.75 Å². The molecule has 3 amide bonds. The number of amides is 3. The minimum absolute atomic E-state index is 0.0644. The van der Waals surface area contributed by atoms with Gasteiger partial charge in [-0.15, -0.1) is 0 Å². The lowest BCUT2D eigenvalue weighted by Gasteiger charge is -2.08. The molecular formula is C18H13N3O8S2. The van der Waals surface area contributed by atoms with E-state index in [0.29, 0.717) is 17.3 Å². The number of primary amides is 1. The summed E-state index contributed by atoms with van der Waals surface area (Å²) in [5.41, 5.74) is 5.08. The number of nitrogens with two attached hydrogens (primary N) is 1. The maximum Gasteiger partial charge on any atom is 0.339 e. The van der Waals surface area contributed by atoms with Crippen LogP contribution in [-0.4, -0.2) is 41.8 Å². The molecule has 0 aromatic heterocycles. The van der Waals surface area contributed by atoms with Crippen molar-refractivity contribution in [3.63, 3.8) is 0 Å². The van der Waals surface area contributed by atoms with E-state index in [-0.39, 0.29) is 15.6 Å². The molecule has 1 heterocycles. The Labute approximate surface area is 179 Å². The van der Waals surface area contributed by atoms with E-state index in [1.165, 1.54) is 42.5 Å². The molecule has 1 fully saturated rings. The summed E-state index contributed by atoms with van der Waals surface area (Å²) in [4.78, 5) is 45.5. The molecule has 0 bridgehead atoms. The number of hydrogen-bond donors (Lipinski definition) is 1. The van der Waals surface area contributed by atoms with E-state index in [4.69, 9.17) is 9.92 Å². The molecule has 11 nitrogen and oxygen atoms in total. The van der Waals surface area contributed by atoms with Gasteiger partial charge in [0.2, 0.25) is 5.91 Å². The predicted molar refractivity (Wildman–Crippen MR) is 109 cm³/mol. The van der Waals surface area contributed by atoms with Crippen molar-refractivity contribution >= 4 is 50.7 Å². The number of rotatable bonds is 7. The van der Waals surface area contributed by atoms with Gasteiger partial charge in [0.25, 0.3) is 16.8 Å². The van der Waals surface area contributed by atoms with Crippen LogP contribution in [0.4, 0.5) is 10.5 Å². The van der Waals surface area contributed by atoms with E-state index >= 15 is 0 Å². The van der Waals surface area contributed by atoms with Crippen molar-refractivity contribution in [2.24, 2.45) is 5.73 Å². The average molecular weight is 463 g/mol. The molecule has 0 saturated carbocycles. The summed E-state index contributed by atoms with van der Waals surface area (Å²) in [7, 11) is -4.31. The fourth-order valence-corrected chi connectivity index (χ4v) is 4.30. The molecular weight excluding hydrogens is 450 g/mol. The first kappa shape index (κ1) is 22.0. The van der Waals surface area contributed by atoms with Crippen molar-refractivity contribution in [1.29, 1.82) is 0 Å². The van der Waals surface area contributed by atoms with Crippen LogP contribution in [0, 0.1) is 10.1 Å². The number of carbonyl (C=O) groups is 3. The average Bonchev–Trinajstić information content (AvgIpc) is 2.96. The van der Waals surface area contributed by atoms with Gasteiger partial charge < -0.3 is 9.92 Å². The number of carbonyl (C=O) groups excluding carboxylic acids is 3. The highest BCUT2D eigenvalue weighted by molar-refractivity contribution is 8.18. The van der Waals surface area contributed by atoms with Gasteiger partial charge in [-0.3, -0.25) is 29.4 Å². The number of hydrogen-bond acceptors (Lipinski definition) is 9. The molecule has 3 rings (SSSR count). The third kappa shape index (κ3) is 5.07. The van der Waals surface area contributed by atoms with E-state index in [1.807, 2.05) is 0 Å². The van der Waals surface area contributed by atoms with Crippen LogP contribution in [-0.2, 0) is 19.7 Å². The summed E-state index contributed by atoms with van der Waals surface area (Å²) >= 11 is 0.642. The van der Waals surface area contributed by atoms with Gasteiger partial charge in [0.15, 0.2) is 0 Å². The zero-order valence-electron chi connectivity index (χ0n) is 15.5. The van der Waals surface area contributed by atoms with Crippen LogP contribution in [0.15, 0.2) is 58.3 Å². The van der Waals surface area contributed by atoms with Crippen molar-refractivity contribution in [1.82, 2.24) is 4.90 Å². The van der Waals surface area contributed by atoms with Crippen LogP contribution in [0.3, 0.4) is 0 Å². The fourth-order valence-electron chi connectivity index (χ4n) is 2.49. The number of nitrogens with zero attached hydrogens (tertiary/aromatic N) is 2. The van der Waals surface area contributed by atoms with Crippen LogP contribution in [0.25, 0.3) is 6.08 Å². The summed E-state index contributed by atoms with van der Waals surface area (Å²) < 4.78 is 29.7. The van der Waals surface area contributed by atoms with E-state index < -0.39 is 44.3 Å². The van der Waals surface area contributed by atoms with E-state index in [0.717, 1.165) is 17.0 Å². The molecule has 160 valence electrons. The lowest BCUT2D eigenvalue weighted by Crippen LogP contribution is -2.36. The second-order valence-electron chi connectivity index (χ2n) is 6.10. The van der Waals surface area contributed by atoms with Crippen molar-refractivity contribution in [2.75, 3.05) is 6.54 Å². The van der Waals surface area contributed by atoms with Gasteiger partial charge in [0, 0.05) is 12.1 Å². The van der Waals surface area contributed by atoms with Gasteiger partial charge in [-0.05, 0) is 41.6 Å². The lowest BCUT2D eigenvalue weighted by molar-refractivity contribution is -0.385. The topological polar surface area (TPSA) is 167 Å². The zero-order valence-corrected chi connectivity index (χ0v) is 17.1. The first-order valence-electron chi connectivity index (χ1n) is 8.39. The molecule has 1 aliphatic rings. The molecule has 2 aromatic rings. The highest BCUT2D eigenvalue weighted by Gasteiger charge is 2.35. The minimum atomic E-state index is -4.31. The molecule has 2 N–H and O–H groups in total. The molecule has 0 radical (unpaired) electrons. The molecule has 0 atom stereocenters. The summed E-state index contributed by atoms with van der Waals surface area (Å²) in [6, 6.07) is 9.94. The molecule has 0 aliphatic carbocycles. The van der Waals surface area contributed by atoms with Gasteiger partial charge in [-0.2, -0.15) is 8.42 Å². The predicted octanol–water partition coefficient (Wildman–Crippen LogP) is 1.88. The van der Waals surface area contributed by atoms with Crippen molar-refractivity contribution < 1.29 is 31.9 Å². The Morgan fingerprint density at radius 3 is 2.48 bits per heavy atom. The SMILES string of the molecule is NC(=O)CN1C(=O)S/C(=C\c2ccc(OS(=O)(=O)c3cccc([N+](=O)[O-])c3)cc2)C1=O. The zero-order chi connectivity index (χ0) is 22.8. The van der Waals surface area contributed by atoms with E-state index in [9.17, 15) is 32.9 Å². The monoisotopic (exact) mass is 463 g/mol. The molecule has 31 heavy (non-hydrogen) atoms. The Hall–Kier alpha value is -3.71. The van der Waals surface area contributed by atoms with Crippen molar-refractivity contribution in [3.8, 4) is 5.75 Å². The number of thioether (sulfide) groups is 1. The third-order valence-electron chi connectivity index (χ3n) is 3.89. The summed E-state index contributed by atoms with van der Waals surface area (Å²) in [5, 5.41) is 10.2. The molecule has 1 aliphatic heterocycles. The lowest BCUT2D eigenvalue weighted by atomic mass is 10.2. The summed E-state index contributed by atoms with van der Waals surface area (Å²) in [5.74, 6) is -1.55. The molecule has 1 saturated heterocycles. The number of nitro benzene ring substituents is 1. The van der Waals surface area contributed by atoms with Gasteiger partial charge >= 0.3 is 10.1 Å². The molecule has 2 aromatic carbocycles. The van der Waals surface area contributed by atoms with E-state index in [1.54, 1.807) is 0 Å².